The first-order chi connectivity index (χ1) is 13.0. The number of imide groups is 1. The first kappa shape index (κ1) is 17.9. The number of ether oxygens (including phenoxy) is 1. The van der Waals surface area contributed by atoms with E-state index in [4.69, 9.17) is 10.5 Å². The largest absolute Gasteiger partial charge is 0.424 e. The van der Waals surface area contributed by atoms with E-state index in [1.54, 1.807) is 60.9 Å². The van der Waals surface area contributed by atoms with Crippen LogP contribution in [0.4, 0.5) is 16.2 Å². The highest BCUT2D eigenvalue weighted by Crippen LogP contribution is 2.25. The average Bonchev–Trinajstić information content (AvgIpc) is 2.65. The molecule has 0 aliphatic rings. The molecule has 0 bridgehead atoms. The van der Waals surface area contributed by atoms with Crippen LogP contribution in [0.5, 0.6) is 11.8 Å². The molecule has 0 saturated heterocycles. The first-order valence-corrected chi connectivity index (χ1v) is 8.05. The Balaban J connectivity index is 1.64. The van der Waals surface area contributed by atoms with Gasteiger partial charge in [0.05, 0.1) is 5.56 Å². The fourth-order valence-corrected chi connectivity index (χ4v) is 2.31. The normalized spacial score (nSPS) is 10.1. The summed E-state index contributed by atoms with van der Waals surface area (Å²) in [5.74, 6) is -0.0243. The molecule has 136 valence electrons. The van der Waals surface area contributed by atoms with E-state index >= 15 is 0 Å². The zero-order valence-corrected chi connectivity index (χ0v) is 14.5. The van der Waals surface area contributed by atoms with E-state index < -0.39 is 11.9 Å². The second-order valence-corrected chi connectivity index (χ2v) is 5.61. The molecule has 0 atom stereocenters. The molecule has 8 nitrogen and oxygen atoms in total. The quantitative estimate of drug-likeness (QED) is 0.613. The van der Waals surface area contributed by atoms with Crippen molar-refractivity contribution in [2.24, 2.45) is 0 Å². The lowest BCUT2D eigenvalue weighted by Crippen LogP contribution is -2.34. The second-order valence-electron chi connectivity index (χ2n) is 5.61. The summed E-state index contributed by atoms with van der Waals surface area (Å²) in [6.45, 7) is 1.82. The Morgan fingerprint density at radius 1 is 1.04 bits per heavy atom. The molecular weight excluding hydrogens is 346 g/mol. The molecule has 2 aromatic carbocycles. The summed E-state index contributed by atoms with van der Waals surface area (Å²) in [7, 11) is 0. The van der Waals surface area contributed by atoms with Crippen LogP contribution in [0.2, 0.25) is 0 Å². The van der Waals surface area contributed by atoms with Crippen molar-refractivity contribution in [1.29, 1.82) is 0 Å². The zero-order chi connectivity index (χ0) is 19.2. The van der Waals surface area contributed by atoms with Crippen LogP contribution >= 0.6 is 0 Å². The number of nitrogen functional groups attached to an aromatic ring is 1. The van der Waals surface area contributed by atoms with Gasteiger partial charge in [0.2, 0.25) is 0 Å². The van der Waals surface area contributed by atoms with Gasteiger partial charge in [0, 0.05) is 23.8 Å². The van der Waals surface area contributed by atoms with E-state index in [-0.39, 0.29) is 11.6 Å². The van der Waals surface area contributed by atoms with E-state index in [2.05, 4.69) is 20.6 Å². The minimum absolute atomic E-state index is 0.227. The smallest absolute Gasteiger partial charge is 0.326 e. The molecule has 0 spiro atoms. The number of urea groups is 1. The van der Waals surface area contributed by atoms with Crippen LogP contribution in [0.25, 0.3) is 0 Å². The van der Waals surface area contributed by atoms with Gasteiger partial charge in [-0.1, -0.05) is 12.1 Å². The molecule has 3 amide bonds. The second kappa shape index (κ2) is 7.96. The summed E-state index contributed by atoms with van der Waals surface area (Å²) < 4.78 is 5.59. The number of hydrogen-bond donors (Lipinski definition) is 3. The van der Waals surface area contributed by atoms with E-state index in [0.717, 1.165) is 5.56 Å². The maximum Gasteiger partial charge on any atom is 0.326 e. The highest BCUT2D eigenvalue weighted by atomic mass is 16.5. The van der Waals surface area contributed by atoms with Crippen molar-refractivity contribution in [3.05, 3.63) is 72.1 Å². The van der Waals surface area contributed by atoms with Gasteiger partial charge in [-0.2, -0.15) is 0 Å². The first-order valence-electron chi connectivity index (χ1n) is 8.05. The van der Waals surface area contributed by atoms with Gasteiger partial charge < -0.3 is 15.8 Å². The van der Waals surface area contributed by atoms with Gasteiger partial charge in [-0.15, -0.1) is 0 Å². The van der Waals surface area contributed by atoms with Crippen molar-refractivity contribution in [3.63, 3.8) is 0 Å². The minimum atomic E-state index is -0.664. The van der Waals surface area contributed by atoms with Gasteiger partial charge in [-0.3, -0.25) is 10.1 Å². The summed E-state index contributed by atoms with van der Waals surface area (Å²) in [6.07, 6.45) is 3.16. The lowest BCUT2D eigenvalue weighted by atomic mass is 10.1. The van der Waals surface area contributed by atoms with Crippen LogP contribution in [0.15, 0.2) is 60.9 Å². The molecule has 0 saturated carbocycles. The molecule has 1 heterocycles. The third-order valence-corrected chi connectivity index (χ3v) is 3.61. The zero-order valence-electron chi connectivity index (χ0n) is 14.5. The lowest BCUT2D eigenvalue weighted by molar-refractivity contribution is 0.0968. The maximum atomic E-state index is 12.1. The van der Waals surface area contributed by atoms with Gasteiger partial charge >= 0.3 is 12.0 Å². The van der Waals surface area contributed by atoms with E-state index in [9.17, 15) is 9.59 Å². The molecule has 3 aromatic rings. The number of aryl methyl sites for hydroxylation is 1. The van der Waals surface area contributed by atoms with Crippen LogP contribution in [-0.4, -0.2) is 21.9 Å². The van der Waals surface area contributed by atoms with Crippen molar-refractivity contribution < 1.29 is 14.3 Å². The predicted molar refractivity (Wildman–Crippen MR) is 101 cm³/mol. The molecule has 0 fully saturated rings. The number of benzene rings is 2. The number of hydrogen-bond acceptors (Lipinski definition) is 6. The van der Waals surface area contributed by atoms with Crippen LogP contribution in [0.3, 0.4) is 0 Å². The highest BCUT2D eigenvalue weighted by Gasteiger charge is 2.13. The Hall–Kier alpha value is -3.94. The Kier molecular flexibility index (Phi) is 5.27. The Morgan fingerprint density at radius 2 is 1.78 bits per heavy atom. The molecule has 0 aliphatic carbocycles. The third-order valence-electron chi connectivity index (χ3n) is 3.61. The summed E-state index contributed by atoms with van der Waals surface area (Å²) >= 11 is 0. The van der Waals surface area contributed by atoms with E-state index in [1.807, 2.05) is 6.92 Å². The van der Waals surface area contributed by atoms with Crippen LogP contribution in [0.1, 0.15) is 15.9 Å². The number of rotatable bonds is 4. The van der Waals surface area contributed by atoms with Gasteiger partial charge in [-0.25, -0.2) is 14.8 Å². The topological polar surface area (TPSA) is 119 Å². The maximum absolute atomic E-state index is 12.1. The minimum Gasteiger partial charge on any atom is -0.424 e. The number of nitrogens with zero attached hydrogens (tertiary/aromatic N) is 2. The number of carbonyl (C=O) groups excluding carboxylic acids is 2. The standard InChI is InChI=1S/C19H17N5O3/c1-12-11-13(7-8-16(12)27-19-21-9-4-10-22-19)23-18(26)24-17(25)14-5-2-3-6-15(14)20/h2-11H,20H2,1H3,(H2,23,24,25,26). The van der Waals surface area contributed by atoms with Crippen LogP contribution in [0, 0.1) is 6.92 Å². The molecule has 0 unspecified atom stereocenters. The summed E-state index contributed by atoms with van der Waals surface area (Å²) in [5.41, 5.74) is 7.52. The molecule has 4 N–H and O–H groups in total. The Bertz CT molecular complexity index is 976. The number of amides is 3. The summed E-state index contributed by atoms with van der Waals surface area (Å²) in [4.78, 5) is 32.2. The molecule has 8 heteroatoms. The van der Waals surface area contributed by atoms with Crippen molar-refractivity contribution in [2.45, 2.75) is 6.92 Å². The number of nitrogens with two attached hydrogens (primary N) is 1. The number of carbonyl (C=O) groups is 2. The fourth-order valence-electron chi connectivity index (χ4n) is 2.31. The van der Waals surface area contributed by atoms with Gasteiger partial charge in [0.1, 0.15) is 5.75 Å². The third kappa shape index (κ3) is 4.57. The Labute approximate surface area is 155 Å². The van der Waals surface area contributed by atoms with Gasteiger partial charge in [0.15, 0.2) is 0 Å². The van der Waals surface area contributed by atoms with Crippen molar-refractivity contribution in [2.75, 3.05) is 11.1 Å². The number of aromatic nitrogens is 2. The predicted octanol–water partition coefficient (Wildman–Crippen LogP) is 3.12. The fraction of sp³-hybridized carbons (Fsp3) is 0.0526. The van der Waals surface area contributed by atoms with Crippen molar-refractivity contribution >= 4 is 23.3 Å². The van der Waals surface area contributed by atoms with Crippen LogP contribution in [-0.2, 0) is 0 Å². The van der Waals surface area contributed by atoms with E-state index in [1.165, 1.54) is 0 Å². The molecular formula is C19H17N5O3. The average molecular weight is 363 g/mol. The molecule has 3 rings (SSSR count). The lowest BCUT2D eigenvalue weighted by Gasteiger charge is -2.11. The summed E-state index contributed by atoms with van der Waals surface area (Å²) in [5, 5.41) is 4.83. The molecule has 1 aromatic heterocycles. The number of para-hydroxylation sites is 1. The number of anilines is 2. The Morgan fingerprint density at radius 3 is 2.48 bits per heavy atom. The van der Waals surface area contributed by atoms with Crippen molar-refractivity contribution in [3.8, 4) is 11.8 Å². The van der Waals surface area contributed by atoms with Crippen molar-refractivity contribution in [1.82, 2.24) is 15.3 Å². The summed E-state index contributed by atoms with van der Waals surface area (Å²) in [6, 6.07) is 12.8. The van der Waals surface area contributed by atoms with Gasteiger partial charge in [0.25, 0.3) is 5.91 Å². The highest BCUT2D eigenvalue weighted by molar-refractivity contribution is 6.10. The monoisotopic (exact) mass is 363 g/mol. The van der Waals surface area contributed by atoms with E-state index in [0.29, 0.717) is 17.1 Å². The SMILES string of the molecule is Cc1cc(NC(=O)NC(=O)c2ccccc2N)ccc1Oc1ncccn1. The van der Waals surface area contributed by atoms with Gasteiger partial charge in [-0.05, 0) is 48.9 Å². The number of nitrogens with one attached hydrogen (secondary N) is 2. The molecule has 0 radical (unpaired) electrons. The molecule has 0 aliphatic heterocycles. The van der Waals surface area contributed by atoms with Crippen LogP contribution < -0.4 is 21.1 Å². The molecule has 27 heavy (non-hydrogen) atoms.